The van der Waals surface area contributed by atoms with Crippen molar-refractivity contribution in [1.29, 1.82) is 0 Å². The maximum atomic E-state index is 12.4. The first kappa shape index (κ1) is 17.8. The Hall–Kier alpha value is -2.97. The maximum absolute atomic E-state index is 12.4. The van der Waals surface area contributed by atoms with Crippen LogP contribution in [-0.4, -0.2) is 27.8 Å². The molecule has 1 aromatic carbocycles. The molecular formula is C17H19N3O6. The number of nitro benzene ring substituents is 1. The van der Waals surface area contributed by atoms with Gasteiger partial charge in [-0.05, 0) is 50.2 Å². The molecule has 3 rings (SSSR count). The van der Waals surface area contributed by atoms with Crippen molar-refractivity contribution in [2.24, 2.45) is 23.7 Å². The number of carbonyl (C=O) groups excluding carboxylic acids is 2. The Morgan fingerprint density at radius 3 is 2.38 bits per heavy atom. The van der Waals surface area contributed by atoms with Gasteiger partial charge in [0.1, 0.15) is 0 Å². The van der Waals surface area contributed by atoms with Crippen molar-refractivity contribution < 1.29 is 24.4 Å². The predicted molar refractivity (Wildman–Crippen MR) is 88.9 cm³/mol. The molecule has 2 saturated carbocycles. The first-order chi connectivity index (χ1) is 12.3. The fourth-order valence-electron chi connectivity index (χ4n) is 4.30. The summed E-state index contributed by atoms with van der Waals surface area (Å²) in [7, 11) is 0. The molecule has 2 aliphatic rings. The van der Waals surface area contributed by atoms with Gasteiger partial charge in [0, 0.05) is 17.2 Å². The van der Waals surface area contributed by atoms with E-state index in [2.05, 4.69) is 10.9 Å². The van der Waals surface area contributed by atoms with Crippen LogP contribution in [0.25, 0.3) is 0 Å². The highest BCUT2D eigenvalue weighted by Crippen LogP contribution is 2.52. The van der Waals surface area contributed by atoms with Crippen LogP contribution in [0, 0.1) is 40.7 Å². The molecule has 3 N–H and O–H groups in total. The molecule has 4 atom stereocenters. The second-order valence-electron chi connectivity index (χ2n) is 6.92. The summed E-state index contributed by atoms with van der Waals surface area (Å²) in [6.07, 6.45) is 2.37. The number of aryl methyl sites for hydroxylation is 1. The monoisotopic (exact) mass is 361 g/mol. The van der Waals surface area contributed by atoms with Gasteiger partial charge >= 0.3 is 5.97 Å². The lowest BCUT2D eigenvalue weighted by Crippen LogP contribution is -2.48. The minimum absolute atomic E-state index is 0.0151. The maximum Gasteiger partial charge on any atom is 0.307 e. The van der Waals surface area contributed by atoms with E-state index in [-0.39, 0.29) is 23.1 Å². The van der Waals surface area contributed by atoms with Gasteiger partial charge in [-0.3, -0.25) is 35.3 Å². The third-order valence-electron chi connectivity index (χ3n) is 5.46. The molecule has 0 heterocycles. The van der Waals surface area contributed by atoms with Gasteiger partial charge in [0.05, 0.1) is 16.8 Å². The van der Waals surface area contributed by atoms with Crippen molar-refractivity contribution in [1.82, 2.24) is 10.9 Å². The molecule has 9 nitrogen and oxygen atoms in total. The highest BCUT2D eigenvalue weighted by molar-refractivity contribution is 5.96. The molecule has 0 aliphatic heterocycles. The molecule has 2 amide bonds. The van der Waals surface area contributed by atoms with Crippen LogP contribution in [-0.2, 0) is 9.59 Å². The smallest absolute Gasteiger partial charge is 0.307 e. The van der Waals surface area contributed by atoms with Gasteiger partial charge < -0.3 is 5.11 Å². The Morgan fingerprint density at radius 1 is 1.15 bits per heavy atom. The minimum atomic E-state index is -0.977. The quantitative estimate of drug-likeness (QED) is 0.547. The second kappa shape index (κ2) is 6.74. The molecule has 2 fully saturated rings. The number of amides is 2. The number of hydrogen-bond acceptors (Lipinski definition) is 5. The lowest BCUT2D eigenvalue weighted by atomic mass is 9.79. The zero-order chi connectivity index (χ0) is 19.0. The third-order valence-corrected chi connectivity index (χ3v) is 5.46. The average molecular weight is 361 g/mol. The van der Waals surface area contributed by atoms with Crippen molar-refractivity contribution in [2.45, 2.75) is 26.2 Å². The summed E-state index contributed by atoms with van der Waals surface area (Å²) in [5, 5.41) is 20.2. The third kappa shape index (κ3) is 3.12. The summed E-state index contributed by atoms with van der Waals surface area (Å²) in [5.74, 6) is -3.42. The number of rotatable bonds is 4. The van der Waals surface area contributed by atoms with E-state index in [1.54, 1.807) is 0 Å². The van der Waals surface area contributed by atoms with Gasteiger partial charge in [-0.25, -0.2) is 0 Å². The molecule has 2 bridgehead atoms. The number of aliphatic carboxylic acids is 1. The highest BCUT2D eigenvalue weighted by Gasteiger charge is 2.54. The van der Waals surface area contributed by atoms with Gasteiger partial charge in [0.2, 0.25) is 5.91 Å². The average Bonchev–Trinajstić information content (AvgIpc) is 3.20. The van der Waals surface area contributed by atoms with Crippen molar-refractivity contribution >= 4 is 23.5 Å². The van der Waals surface area contributed by atoms with Crippen molar-refractivity contribution in [3.63, 3.8) is 0 Å². The molecular weight excluding hydrogens is 342 g/mol. The Bertz CT molecular complexity index is 793. The van der Waals surface area contributed by atoms with E-state index in [4.69, 9.17) is 0 Å². The van der Waals surface area contributed by atoms with Crippen LogP contribution in [0.3, 0.4) is 0 Å². The Morgan fingerprint density at radius 2 is 1.81 bits per heavy atom. The SMILES string of the molecule is Cc1cc(C(=O)NNC(=O)[C@@H]2[C@H]3CC[C@@H](C3)[C@H]2C(=O)O)ccc1[N+](=O)[O-]. The van der Waals surface area contributed by atoms with E-state index in [1.165, 1.54) is 25.1 Å². The fraction of sp³-hybridized carbons (Fsp3) is 0.471. The van der Waals surface area contributed by atoms with Crippen LogP contribution in [0.2, 0.25) is 0 Å². The fourth-order valence-corrected chi connectivity index (χ4v) is 4.30. The number of hydrogen-bond donors (Lipinski definition) is 3. The molecule has 2 aliphatic carbocycles. The number of carboxylic acid groups (broad SMARTS) is 1. The van der Waals surface area contributed by atoms with Crippen molar-refractivity contribution in [2.75, 3.05) is 0 Å². The Balaban J connectivity index is 1.64. The van der Waals surface area contributed by atoms with Gasteiger partial charge in [-0.15, -0.1) is 0 Å². The van der Waals surface area contributed by atoms with Crippen LogP contribution < -0.4 is 10.9 Å². The number of carbonyl (C=O) groups is 3. The lowest BCUT2D eigenvalue weighted by molar-refractivity contribution is -0.385. The Labute approximate surface area is 148 Å². The van der Waals surface area contributed by atoms with E-state index in [1.807, 2.05) is 0 Å². The number of fused-ring (bicyclic) bond motifs is 2. The normalized spacial score (nSPS) is 26.3. The first-order valence-electron chi connectivity index (χ1n) is 8.37. The van der Waals surface area contributed by atoms with Gasteiger partial charge in [-0.2, -0.15) is 0 Å². The van der Waals surface area contributed by atoms with Gasteiger partial charge in [-0.1, -0.05) is 0 Å². The summed E-state index contributed by atoms with van der Waals surface area (Å²) >= 11 is 0. The van der Waals surface area contributed by atoms with Crippen molar-refractivity contribution in [3.05, 3.63) is 39.4 Å². The summed E-state index contributed by atoms with van der Waals surface area (Å²) in [4.78, 5) is 46.3. The van der Waals surface area contributed by atoms with E-state index in [0.717, 1.165) is 19.3 Å². The zero-order valence-electron chi connectivity index (χ0n) is 14.1. The molecule has 26 heavy (non-hydrogen) atoms. The topological polar surface area (TPSA) is 139 Å². The number of hydrazine groups is 1. The molecule has 0 unspecified atom stereocenters. The summed E-state index contributed by atoms with van der Waals surface area (Å²) in [5.41, 5.74) is 4.97. The van der Waals surface area contributed by atoms with Gasteiger partial charge in [0.25, 0.3) is 11.6 Å². The van der Waals surface area contributed by atoms with Crippen LogP contribution in [0.15, 0.2) is 18.2 Å². The molecule has 1 aromatic rings. The number of nitrogens with one attached hydrogen (secondary N) is 2. The van der Waals surface area contributed by atoms with Crippen molar-refractivity contribution in [3.8, 4) is 0 Å². The molecule has 0 spiro atoms. The summed E-state index contributed by atoms with van der Waals surface area (Å²) < 4.78 is 0. The van der Waals surface area contributed by atoms with E-state index >= 15 is 0 Å². The molecule has 0 radical (unpaired) electrons. The molecule has 138 valence electrons. The summed E-state index contributed by atoms with van der Waals surface area (Å²) in [6, 6.07) is 3.88. The van der Waals surface area contributed by atoms with Gasteiger partial charge in [0.15, 0.2) is 0 Å². The standard InChI is InChI=1S/C17H19N3O6/c1-8-6-11(4-5-12(8)20(25)26)15(21)18-19-16(22)13-9-2-3-10(7-9)14(13)17(23)24/h4-6,9-10,13-14H,2-3,7H2,1H3,(H,18,21)(H,19,22)(H,23,24)/t9-,10-,13+,14+/m0/s1. The van der Waals surface area contributed by atoms with E-state index < -0.39 is 34.5 Å². The molecule has 0 saturated heterocycles. The summed E-state index contributed by atoms with van der Waals surface area (Å²) in [6.45, 7) is 1.51. The molecule has 9 heteroatoms. The van der Waals surface area contributed by atoms with E-state index in [0.29, 0.717) is 5.56 Å². The number of benzene rings is 1. The predicted octanol–water partition coefficient (Wildman–Crippen LogP) is 1.41. The second-order valence-corrected chi connectivity index (χ2v) is 6.92. The number of nitrogens with zero attached hydrogens (tertiary/aromatic N) is 1. The van der Waals surface area contributed by atoms with Crippen LogP contribution in [0.4, 0.5) is 5.69 Å². The van der Waals surface area contributed by atoms with Crippen LogP contribution in [0.5, 0.6) is 0 Å². The number of nitro groups is 1. The zero-order valence-corrected chi connectivity index (χ0v) is 14.1. The van der Waals surface area contributed by atoms with E-state index in [9.17, 15) is 29.6 Å². The lowest BCUT2D eigenvalue weighted by Gasteiger charge is -2.26. The van der Waals surface area contributed by atoms with Crippen LogP contribution >= 0.6 is 0 Å². The molecule has 0 aromatic heterocycles. The Kier molecular flexibility index (Phi) is 4.62. The number of carboxylic acids is 1. The first-order valence-corrected chi connectivity index (χ1v) is 8.37. The minimum Gasteiger partial charge on any atom is -0.481 e. The largest absolute Gasteiger partial charge is 0.481 e. The highest BCUT2D eigenvalue weighted by atomic mass is 16.6. The van der Waals surface area contributed by atoms with Crippen LogP contribution in [0.1, 0.15) is 35.2 Å².